The highest BCUT2D eigenvalue weighted by Crippen LogP contribution is 2.23. The highest BCUT2D eigenvalue weighted by Gasteiger charge is 2.60. The molecular formula is C13H14B84F3N4O5-. The molecule has 0 N–H and O–H groups in total. The molecule has 96 heteroatoms. The van der Waals surface area contributed by atoms with Crippen molar-refractivity contribution in [2.75, 3.05) is 21.3 Å². The molecule has 0 amide bonds. The summed E-state index contributed by atoms with van der Waals surface area (Å²) in [7, 11) is 274. The summed E-state index contributed by atoms with van der Waals surface area (Å²) in [4.78, 5) is 34.3. The van der Waals surface area contributed by atoms with E-state index in [1.54, 1.807) is 0 Å². The zero-order chi connectivity index (χ0) is 86.1. The topological polar surface area (TPSA) is 113 Å². The number of aromatic nitrogens is 4. The zero-order valence-electron chi connectivity index (χ0n) is 61.0. The third-order valence-corrected chi connectivity index (χ3v) is 19.0. The van der Waals surface area contributed by atoms with E-state index in [-0.39, 0.29) is 11.6 Å². The molecular weight excluding hydrogens is 1260 g/mol. The van der Waals surface area contributed by atoms with Crippen LogP contribution in [0.5, 0.6) is 5.88 Å². The quantitative estimate of drug-likeness (QED) is 0.0474. The molecule has 0 aromatic carbocycles. The first-order valence-electron chi connectivity index (χ1n) is 33.2. The van der Waals surface area contributed by atoms with Crippen LogP contribution in [0, 0.1) is 17.8 Å². The van der Waals surface area contributed by atoms with Crippen LogP contribution in [-0.2, 0) is 9.47 Å². The van der Waals surface area contributed by atoms with E-state index >= 15 is 0 Å². The lowest BCUT2D eigenvalue weighted by Gasteiger charge is -2.55. The fourth-order valence-corrected chi connectivity index (χ4v) is 14.9. The average Bonchev–Trinajstić information content (AvgIpc) is 0.750. The minimum Gasteiger partial charge on any atom is -0.479 e. The van der Waals surface area contributed by atoms with E-state index in [1.807, 2.05) is 0 Å². The van der Waals surface area contributed by atoms with Gasteiger partial charge in [0, 0.05) is 298 Å². The number of hydrogen-bond acceptors (Lipinski definition) is 9. The van der Waals surface area contributed by atoms with Crippen molar-refractivity contribution in [1.29, 1.82) is 0 Å². The van der Waals surface area contributed by atoms with Crippen molar-refractivity contribution >= 4 is 608 Å². The molecule has 0 aliphatic heterocycles. The molecule has 390 valence electrons. The second-order valence-corrected chi connectivity index (χ2v) is 26.6. The van der Waals surface area contributed by atoms with E-state index in [9.17, 15) is 22.8 Å². The maximum absolute atomic E-state index is 12.6. The Morgan fingerprint density at radius 3 is 0.615 bits per heavy atom. The van der Waals surface area contributed by atoms with Gasteiger partial charge in [-0.3, -0.25) is 0 Å². The van der Waals surface area contributed by atoms with Crippen LogP contribution in [0.1, 0.15) is 21.0 Å². The van der Waals surface area contributed by atoms with E-state index in [0.717, 1.165) is 20.4 Å². The molecule has 0 spiro atoms. The van der Waals surface area contributed by atoms with E-state index in [2.05, 4.69) is 34.1 Å². The maximum Gasteiger partial charge on any atom is 0.362 e. The summed E-state index contributed by atoms with van der Waals surface area (Å²) < 4.78 is 50.6. The number of carbonyl (C=O) groups excluding carboxylic acids is 2. The van der Waals surface area contributed by atoms with Gasteiger partial charge in [0.2, 0.25) is 35.1 Å². The van der Waals surface area contributed by atoms with Gasteiger partial charge < -0.3 is 14.2 Å². The van der Waals surface area contributed by atoms with Gasteiger partial charge in [0.15, 0.2) is 0 Å². The molecule has 109 heavy (non-hydrogen) atoms. The van der Waals surface area contributed by atoms with E-state index in [4.69, 9.17) is 333 Å². The van der Waals surface area contributed by atoms with Crippen molar-refractivity contribution in [3.8, 4) is 5.88 Å². The lowest BCUT2D eigenvalue weighted by molar-refractivity contribution is 0.0577. The van der Waals surface area contributed by atoms with E-state index in [1.165, 1.54) is 7.11 Å². The number of nitrogens with zero attached hydrogens (tertiary/aromatic N) is 4. The summed E-state index contributed by atoms with van der Waals surface area (Å²) in [5.74, 6) is -4.95. The summed E-state index contributed by atoms with van der Waals surface area (Å²) in [6, 6.07) is 0. The van der Waals surface area contributed by atoms with Crippen molar-refractivity contribution in [3.05, 3.63) is 41.6 Å². The van der Waals surface area contributed by atoms with Gasteiger partial charge in [0.25, 0.3) is 0 Å². The molecule has 0 aliphatic carbocycles. The Hall–Kier alpha value is 2.14. The molecule has 0 saturated heterocycles. The third kappa shape index (κ3) is 34.2. The van der Waals surface area contributed by atoms with Crippen molar-refractivity contribution in [3.63, 3.8) is 0 Å². The van der Waals surface area contributed by atoms with Crippen molar-refractivity contribution in [2.24, 2.45) is 0 Å². The Labute approximate surface area is 727 Å². The average molecular weight is 1270 g/mol. The van der Waals surface area contributed by atoms with Crippen molar-refractivity contribution in [1.82, 2.24) is 19.9 Å². The fraction of sp³-hybridized carbons (Fsp3) is 0.231. The second-order valence-electron chi connectivity index (χ2n) is 26.6. The number of rotatable bonds is 41. The summed E-state index contributed by atoms with van der Waals surface area (Å²) in [5.41, 5.74) is -1.03. The SMILES string of the molecule is COC(=O)c1nc(F)cnc1F.COC(=O)c1nc(F)cnc1OC.[B]B([B])B(B([B])[B])B(B(B([B])[B])B([B])[B])B(B(B([B])[B])B(B([B])[B])B([B])[BH3-])B(B(B([B])[B])B([B])[B])B(B([B])[B])B([B])[B].[B]B([B])B(B([B])[B])B(B([B])[B])B(B(B(B([B])[B])B([B])[B])B(B([B])[B])B([B])[B])B(B(B([B])[B])B([B])[B])B(B([B])[B])B([B])[B]. The molecule has 0 fully saturated rings. The molecule has 0 saturated carbocycles. The fourth-order valence-electron chi connectivity index (χ4n) is 14.9. The number of halogens is 3. The maximum atomic E-state index is 12.6. The minimum atomic E-state index is -1.30. The highest BCUT2D eigenvalue weighted by atomic mass is 19.1. The summed E-state index contributed by atoms with van der Waals surface area (Å²) >= 11 is 0. The Morgan fingerprint density at radius 1 is 0.266 bits per heavy atom. The van der Waals surface area contributed by atoms with Gasteiger partial charge in [-0.15, -0.1) is 6.39 Å². The first-order valence-corrected chi connectivity index (χ1v) is 33.2. The normalized spacial score (nSPS) is 9.61. The van der Waals surface area contributed by atoms with Crippen LogP contribution in [-0.4, -0.2) is 649 Å². The lowest BCUT2D eigenvalue weighted by atomic mass is 8.27. The van der Waals surface area contributed by atoms with Gasteiger partial charge in [0.05, 0.1) is 33.7 Å². The van der Waals surface area contributed by atoms with Crippen LogP contribution in [0.2, 0.25) is 0 Å². The van der Waals surface area contributed by atoms with Crippen molar-refractivity contribution < 1.29 is 37.0 Å². The number of esters is 2. The molecule has 0 unspecified atom stereocenters. The smallest absolute Gasteiger partial charge is 0.362 e. The summed E-state index contributed by atoms with van der Waals surface area (Å²) in [5, 5.41) is 0. The predicted octanol–water partition coefficient (Wildman–Crippen LogP) is -31.8. The molecule has 0 atom stereocenters. The molecule has 9 nitrogen and oxygen atoms in total. The standard InChI is InChI=1S/C7H7FN2O3.C6H4F2N2O2.B42H3.B42/c1-12-6-5(7(11)13-2)10-4(8)3-9-6;1-12-6(11)4-5(8)9-2-3(7)10-4;2*1-23(2)34(24(3)4)39(33(21)22)42(40(35(25(5)6)26(7)8)36(27(9)10)28(11)12)41(37(29(13)14)30(15)16)38(31(17)18)32(19)20/h3H,1-2H3;2H,1H3;1H3;/q;;-1;. The number of methoxy groups -OCH3 is 3. The molecule has 2 heterocycles. The number of hydrogen-bond donors (Lipinski definition) is 0. The highest BCUT2D eigenvalue weighted by molar-refractivity contribution is 8.35. The van der Waals surface area contributed by atoms with Gasteiger partial charge in [-0.2, -0.15) is 13.2 Å². The van der Waals surface area contributed by atoms with Crippen LogP contribution in [0.4, 0.5) is 13.2 Å². The van der Waals surface area contributed by atoms with Crippen LogP contribution >= 0.6 is 0 Å². The lowest BCUT2D eigenvalue weighted by Crippen LogP contribution is -2.93. The predicted molar refractivity (Wildman–Crippen MR) is 561 cm³/mol. The minimum absolute atomic E-state index is 0.0618. The van der Waals surface area contributed by atoms with Gasteiger partial charge >= 0.3 is 11.9 Å². The Kier molecular flexibility index (Phi) is 56.6. The van der Waals surface area contributed by atoms with Gasteiger partial charge in [-0.1, -0.05) is 7.74 Å². The van der Waals surface area contributed by atoms with Gasteiger partial charge in [-0.25, -0.2) is 29.5 Å². The molecule has 2 aromatic heterocycles. The Bertz CT molecular complexity index is 2450. The summed E-state index contributed by atoms with van der Waals surface area (Å²) in [6.45, 7) is 0. The molecule has 2 rings (SSSR count). The Morgan fingerprint density at radius 2 is 0.431 bits per heavy atom. The number of ether oxygens (including phenoxy) is 3. The molecule has 86 radical (unpaired) electrons. The molecule has 0 aliphatic rings. The van der Waals surface area contributed by atoms with Gasteiger partial charge in [0.1, 0.15) is 0 Å². The largest absolute Gasteiger partial charge is 0.479 e. The van der Waals surface area contributed by atoms with Crippen LogP contribution < -0.4 is 4.74 Å². The van der Waals surface area contributed by atoms with Crippen LogP contribution in [0.15, 0.2) is 12.4 Å². The number of carbonyl (C=O) groups is 2. The third-order valence-electron chi connectivity index (χ3n) is 19.0. The first kappa shape index (κ1) is 113. The van der Waals surface area contributed by atoms with Gasteiger partial charge in [-0.05, 0) is 284 Å². The van der Waals surface area contributed by atoms with Crippen LogP contribution in [0.25, 0.3) is 0 Å². The molecule has 0 bridgehead atoms. The monoisotopic (exact) mass is 1290 g/mol. The Balaban J connectivity index is 0. The molecule has 2 aromatic rings. The zero-order valence-corrected chi connectivity index (χ0v) is 61.0. The van der Waals surface area contributed by atoms with Crippen LogP contribution in [0.3, 0.4) is 0 Å². The van der Waals surface area contributed by atoms with E-state index in [0.29, 0.717) is 6.20 Å². The second kappa shape index (κ2) is 54.5. The van der Waals surface area contributed by atoms with Crippen molar-refractivity contribution in [2.45, 2.75) is 0 Å². The first-order chi connectivity index (χ1) is 49.9. The van der Waals surface area contributed by atoms with E-state index < -0.39 is 299 Å². The summed E-state index contributed by atoms with van der Waals surface area (Å²) in [6.07, 6.45) is -43.0.